The number of aromatic nitrogens is 1. The second-order valence-electron chi connectivity index (χ2n) is 9.72. The van der Waals surface area contributed by atoms with Gasteiger partial charge >= 0.3 is 0 Å². The van der Waals surface area contributed by atoms with Gasteiger partial charge in [0.05, 0.1) is 24.1 Å². The van der Waals surface area contributed by atoms with Crippen LogP contribution in [0.5, 0.6) is 0 Å². The number of anilines is 1. The highest BCUT2D eigenvalue weighted by molar-refractivity contribution is 6.10. The van der Waals surface area contributed by atoms with Crippen LogP contribution in [0.3, 0.4) is 0 Å². The molecular weight excluding hydrogens is 472 g/mol. The van der Waals surface area contributed by atoms with Crippen LogP contribution in [-0.2, 0) is 4.74 Å². The summed E-state index contributed by atoms with van der Waals surface area (Å²) >= 11 is 0. The van der Waals surface area contributed by atoms with E-state index < -0.39 is 0 Å². The Balaban J connectivity index is 0.00000195. The molecule has 2 atom stereocenters. The van der Waals surface area contributed by atoms with Gasteiger partial charge in [0.2, 0.25) is 0 Å². The predicted octanol–water partition coefficient (Wildman–Crippen LogP) is 5.05. The van der Waals surface area contributed by atoms with E-state index in [9.17, 15) is 0 Å². The lowest BCUT2D eigenvalue weighted by Gasteiger charge is -2.36. The van der Waals surface area contributed by atoms with Gasteiger partial charge in [0.1, 0.15) is 5.82 Å². The van der Waals surface area contributed by atoms with E-state index in [4.69, 9.17) is 21.2 Å². The summed E-state index contributed by atoms with van der Waals surface area (Å²) < 4.78 is 5.86. The van der Waals surface area contributed by atoms with Crippen molar-refractivity contribution in [2.75, 3.05) is 37.7 Å². The molecule has 0 aromatic carbocycles. The molecule has 3 aliphatic rings. The zero-order valence-corrected chi connectivity index (χ0v) is 23.3. The lowest BCUT2D eigenvalue weighted by molar-refractivity contribution is 0.0300. The van der Waals surface area contributed by atoms with Gasteiger partial charge in [-0.1, -0.05) is 32.1 Å². The summed E-state index contributed by atoms with van der Waals surface area (Å²) in [4.78, 5) is 14.2. The first-order valence-corrected chi connectivity index (χ1v) is 14.1. The molecule has 2 saturated heterocycles. The van der Waals surface area contributed by atoms with E-state index in [1.54, 1.807) is 6.20 Å². The van der Waals surface area contributed by atoms with E-state index in [1.807, 2.05) is 38.4 Å². The second kappa shape index (κ2) is 15.3. The van der Waals surface area contributed by atoms with Gasteiger partial charge in [-0.2, -0.15) is 0 Å². The largest absolute Gasteiger partial charge is 0.404 e. The first-order valence-electron chi connectivity index (χ1n) is 14.1. The fraction of sp³-hybridized carbons (Fsp3) is 0.484. The molecule has 2 unspecified atom stereocenters. The fourth-order valence-corrected chi connectivity index (χ4v) is 5.10. The lowest BCUT2D eigenvalue weighted by Crippen LogP contribution is -2.38. The number of nitrogens with two attached hydrogens (primary N) is 2. The highest BCUT2D eigenvalue weighted by atomic mass is 16.5. The first kappa shape index (κ1) is 29.4. The van der Waals surface area contributed by atoms with E-state index in [2.05, 4.69) is 52.2 Å². The Kier molecular flexibility index (Phi) is 11.8. The SMILES string of the molecule is C=CCOC1CCN(C2=CC(N)CC=C2N=C/C(=C\N)c2ccnc(N3CCCC(C=C)C3)c2)CC1.CC. The van der Waals surface area contributed by atoms with Crippen LogP contribution in [0.2, 0.25) is 0 Å². The van der Waals surface area contributed by atoms with Gasteiger partial charge in [0, 0.05) is 56.4 Å². The van der Waals surface area contributed by atoms with Crippen molar-refractivity contribution in [3.8, 4) is 0 Å². The zero-order chi connectivity index (χ0) is 27.3. The molecule has 1 aromatic rings. The van der Waals surface area contributed by atoms with Gasteiger partial charge in [-0.15, -0.1) is 13.2 Å². The minimum absolute atomic E-state index is 0.00454. The summed E-state index contributed by atoms with van der Waals surface area (Å²) in [6.45, 7) is 16.1. The van der Waals surface area contributed by atoms with E-state index >= 15 is 0 Å². The molecule has 38 heavy (non-hydrogen) atoms. The molecule has 3 heterocycles. The zero-order valence-electron chi connectivity index (χ0n) is 23.3. The number of pyridine rings is 1. The Morgan fingerprint density at radius 2 is 1.97 bits per heavy atom. The molecule has 0 radical (unpaired) electrons. The van der Waals surface area contributed by atoms with Gasteiger partial charge in [-0.05, 0) is 61.8 Å². The van der Waals surface area contributed by atoms with Gasteiger partial charge in [-0.25, -0.2) is 4.98 Å². The average molecular weight is 519 g/mol. The van der Waals surface area contributed by atoms with Crippen molar-refractivity contribution in [2.24, 2.45) is 22.4 Å². The number of nitrogens with zero attached hydrogens (tertiary/aromatic N) is 4. The summed E-state index contributed by atoms with van der Waals surface area (Å²) in [5.74, 6) is 1.47. The van der Waals surface area contributed by atoms with Crippen LogP contribution in [0.25, 0.3) is 5.57 Å². The third kappa shape index (κ3) is 7.92. The molecule has 2 aliphatic heterocycles. The molecule has 1 aromatic heterocycles. The van der Waals surface area contributed by atoms with Crippen molar-refractivity contribution in [3.63, 3.8) is 0 Å². The van der Waals surface area contributed by atoms with E-state index in [1.165, 1.54) is 6.42 Å². The summed E-state index contributed by atoms with van der Waals surface area (Å²) in [5, 5.41) is 0. The monoisotopic (exact) mass is 518 g/mol. The van der Waals surface area contributed by atoms with Crippen molar-refractivity contribution in [2.45, 2.75) is 58.1 Å². The average Bonchev–Trinajstić information content (AvgIpc) is 2.98. The van der Waals surface area contributed by atoms with E-state index in [0.717, 1.165) is 80.2 Å². The molecule has 0 saturated carbocycles. The van der Waals surface area contributed by atoms with Crippen LogP contribution in [0, 0.1) is 5.92 Å². The fourth-order valence-electron chi connectivity index (χ4n) is 5.10. The second-order valence-corrected chi connectivity index (χ2v) is 9.72. The van der Waals surface area contributed by atoms with Crippen molar-refractivity contribution in [3.05, 3.63) is 78.9 Å². The Bertz CT molecular complexity index is 1030. The van der Waals surface area contributed by atoms with Crippen molar-refractivity contribution >= 4 is 17.6 Å². The highest BCUT2D eigenvalue weighted by Gasteiger charge is 2.25. The molecule has 0 amide bonds. The molecule has 206 valence electrons. The lowest BCUT2D eigenvalue weighted by atomic mass is 9.98. The summed E-state index contributed by atoms with van der Waals surface area (Å²) in [7, 11) is 0. The van der Waals surface area contributed by atoms with Crippen molar-refractivity contribution in [1.82, 2.24) is 9.88 Å². The van der Waals surface area contributed by atoms with Gasteiger partial charge < -0.3 is 26.0 Å². The Morgan fingerprint density at radius 1 is 1.18 bits per heavy atom. The number of hydrogen-bond donors (Lipinski definition) is 2. The number of hydrogen-bond acceptors (Lipinski definition) is 7. The molecule has 1 aliphatic carbocycles. The number of aliphatic imine (C=N–C) groups is 1. The normalized spacial score (nSPS) is 22.9. The minimum atomic E-state index is 0.00454. The number of allylic oxidation sites excluding steroid dienone is 1. The van der Waals surface area contributed by atoms with Crippen LogP contribution in [0.4, 0.5) is 5.82 Å². The Labute approximate surface area is 229 Å². The van der Waals surface area contributed by atoms with Crippen LogP contribution in [-0.4, -0.2) is 61.0 Å². The molecular formula is C31H46N6O. The maximum absolute atomic E-state index is 6.28. The number of piperidine rings is 2. The molecule has 7 heteroatoms. The molecule has 0 bridgehead atoms. The molecule has 4 N–H and O–H groups in total. The predicted molar refractivity (Wildman–Crippen MR) is 161 cm³/mol. The summed E-state index contributed by atoms with van der Waals surface area (Å²) in [5.41, 5.74) is 16.3. The van der Waals surface area contributed by atoms with Gasteiger partial charge in [0.15, 0.2) is 0 Å². The van der Waals surface area contributed by atoms with Crippen LogP contribution in [0.1, 0.15) is 51.5 Å². The minimum Gasteiger partial charge on any atom is -0.404 e. The molecule has 2 fully saturated rings. The molecule has 0 spiro atoms. The highest BCUT2D eigenvalue weighted by Crippen LogP contribution is 2.28. The van der Waals surface area contributed by atoms with E-state index in [0.29, 0.717) is 12.5 Å². The van der Waals surface area contributed by atoms with Crippen LogP contribution >= 0.6 is 0 Å². The van der Waals surface area contributed by atoms with Crippen LogP contribution < -0.4 is 16.4 Å². The Morgan fingerprint density at radius 3 is 2.68 bits per heavy atom. The maximum Gasteiger partial charge on any atom is 0.129 e. The third-order valence-corrected chi connectivity index (χ3v) is 7.17. The summed E-state index contributed by atoms with van der Waals surface area (Å²) in [6.07, 6.45) is 18.8. The van der Waals surface area contributed by atoms with Crippen molar-refractivity contribution in [1.29, 1.82) is 0 Å². The first-order chi connectivity index (χ1) is 18.6. The van der Waals surface area contributed by atoms with Gasteiger partial charge in [0.25, 0.3) is 0 Å². The topological polar surface area (TPSA) is 93.0 Å². The molecule has 4 rings (SSSR count). The molecule has 7 nitrogen and oxygen atoms in total. The smallest absolute Gasteiger partial charge is 0.129 e. The number of rotatable bonds is 9. The quantitative estimate of drug-likeness (QED) is 0.351. The van der Waals surface area contributed by atoms with Gasteiger partial charge in [-0.3, -0.25) is 4.99 Å². The number of ether oxygens (including phenoxy) is 1. The van der Waals surface area contributed by atoms with Crippen LogP contribution in [0.15, 0.2) is 78.4 Å². The van der Waals surface area contributed by atoms with Crippen molar-refractivity contribution < 1.29 is 4.74 Å². The standard InChI is InChI=1S/C29H40N6O.C2H6/c1-3-16-36-26-10-14-34(15-11-26)28-18-25(31)7-8-27(28)33-20-24(19-30)23-9-12-32-29(17-23)35-13-5-6-22(4-2)21-35;1-2/h3-4,8-9,12,17-20,22,25-26H,1-2,5-7,10-11,13-16,21,30-31H2;1-2H3/b24-19+,33-20?;. The number of likely N-dealkylation sites (tertiary alicyclic amines) is 1. The maximum atomic E-state index is 6.28. The summed E-state index contributed by atoms with van der Waals surface area (Å²) in [6, 6.07) is 4.09. The van der Waals surface area contributed by atoms with E-state index in [-0.39, 0.29) is 12.1 Å². The Hall–Kier alpha value is -3.16. The third-order valence-electron chi connectivity index (χ3n) is 7.17.